The SMILES string of the molecule is CCCCCCCCCCCC/S(CC(F)(F)C(F)F)=N\S(=O)(=O)c1ccccc1. The summed E-state index contributed by atoms with van der Waals surface area (Å²) >= 11 is 0. The number of nitrogens with zero attached hydrogens (tertiary/aromatic N) is 1. The molecule has 0 aliphatic carbocycles. The molecule has 0 aliphatic rings. The molecule has 0 saturated heterocycles. The number of hydrogen-bond donors (Lipinski definition) is 0. The van der Waals surface area contributed by atoms with Gasteiger partial charge >= 0.3 is 12.3 Å². The number of alkyl halides is 4. The van der Waals surface area contributed by atoms with Crippen LogP contribution in [0.2, 0.25) is 0 Å². The third-order valence-corrected chi connectivity index (χ3v) is 8.63. The van der Waals surface area contributed by atoms with Crippen molar-refractivity contribution in [3.8, 4) is 0 Å². The lowest BCUT2D eigenvalue weighted by molar-refractivity contribution is -0.110. The van der Waals surface area contributed by atoms with Crippen molar-refractivity contribution in [1.82, 2.24) is 0 Å². The molecule has 0 radical (unpaired) electrons. The van der Waals surface area contributed by atoms with Crippen LogP contribution < -0.4 is 0 Å². The number of rotatable bonds is 16. The number of unbranched alkanes of at least 4 members (excludes halogenated alkanes) is 9. The third-order valence-electron chi connectivity index (χ3n) is 4.66. The second-order valence-electron chi connectivity index (χ2n) is 7.42. The van der Waals surface area contributed by atoms with Gasteiger partial charge in [-0.1, -0.05) is 93.6 Å². The van der Waals surface area contributed by atoms with Crippen molar-refractivity contribution in [1.29, 1.82) is 0 Å². The van der Waals surface area contributed by atoms with Crippen LogP contribution >= 0.6 is 0 Å². The van der Waals surface area contributed by atoms with E-state index >= 15 is 0 Å². The maximum atomic E-state index is 13.6. The van der Waals surface area contributed by atoms with Gasteiger partial charge in [-0.25, -0.2) is 8.78 Å². The summed E-state index contributed by atoms with van der Waals surface area (Å²) in [7, 11) is -5.85. The van der Waals surface area contributed by atoms with E-state index in [0.717, 1.165) is 25.7 Å². The van der Waals surface area contributed by atoms with E-state index in [-0.39, 0.29) is 10.6 Å². The molecule has 0 bridgehead atoms. The van der Waals surface area contributed by atoms with E-state index in [1.165, 1.54) is 56.4 Å². The van der Waals surface area contributed by atoms with E-state index in [2.05, 4.69) is 10.7 Å². The van der Waals surface area contributed by atoms with Crippen LogP contribution in [-0.2, 0) is 20.7 Å². The van der Waals surface area contributed by atoms with Gasteiger partial charge in [0.1, 0.15) is 0 Å². The average Bonchev–Trinajstić information content (AvgIpc) is 2.69. The molecule has 30 heavy (non-hydrogen) atoms. The first-order chi connectivity index (χ1) is 14.2. The molecule has 174 valence electrons. The zero-order valence-corrected chi connectivity index (χ0v) is 19.2. The summed E-state index contributed by atoms with van der Waals surface area (Å²) in [5.74, 6) is -5.42. The van der Waals surface area contributed by atoms with Crippen molar-refractivity contribution in [2.45, 2.75) is 88.4 Å². The highest BCUT2D eigenvalue weighted by Gasteiger charge is 2.41. The van der Waals surface area contributed by atoms with Crippen molar-refractivity contribution in [3.05, 3.63) is 30.3 Å². The highest BCUT2D eigenvalue weighted by molar-refractivity contribution is 8.00. The molecule has 0 saturated carbocycles. The molecule has 0 spiro atoms. The molecule has 1 atom stereocenters. The van der Waals surface area contributed by atoms with E-state index in [4.69, 9.17) is 0 Å². The minimum atomic E-state index is -4.25. The molecule has 1 unspecified atom stereocenters. The van der Waals surface area contributed by atoms with Gasteiger partial charge in [0.05, 0.1) is 10.6 Å². The fourth-order valence-corrected chi connectivity index (χ4v) is 6.67. The van der Waals surface area contributed by atoms with Gasteiger partial charge < -0.3 is 0 Å². The fourth-order valence-electron chi connectivity index (χ4n) is 2.95. The zero-order chi connectivity index (χ0) is 22.5. The maximum Gasteiger partial charge on any atom is 0.317 e. The van der Waals surface area contributed by atoms with Gasteiger partial charge in [-0.05, 0) is 18.6 Å². The van der Waals surface area contributed by atoms with Gasteiger partial charge in [0.2, 0.25) is 0 Å². The van der Waals surface area contributed by atoms with Gasteiger partial charge in [-0.2, -0.15) is 17.2 Å². The summed E-state index contributed by atoms with van der Waals surface area (Å²) in [5.41, 5.74) is 0. The Morgan fingerprint density at radius 2 is 1.40 bits per heavy atom. The lowest BCUT2D eigenvalue weighted by atomic mass is 10.1. The molecular weight excluding hydrogens is 438 g/mol. The molecule has 1 rings (SSSR count). The summed E-state index contributed by atoms with van der Waals surface area (Å²) in [6.07, 6.45) is 6.57. The first kappa shape index (κ1) is 27.1. The second-order valence-corrected chi connectivity index (χ2v) is 11.1. The highest BCUT2D eigenvalue weighted by atomic mass is 32.3. The summed E-state index contributed by atoms with van der Waals surface area (Å²) in [4.78, 5) is -0.120. The lowest BCUT2D eigenvalue weighted by Crippen LogP contribution is -2.34. The van der Waals surface area contributed by atoms with Gasteiger partial charge in [-0.15, -0.1) is 3.77 Å². The Labute approximate surface area is 180 Å². The Bertz CT molecular complexity index is 726. The molecular formula is C21H33F4NO2S2. The minimum absolute atomic E-state index is 0.0743. The first-order valence-corrected chi connectivity index (χ1v) is 13.5. The summed E-state index contributed by atoms with van der Waals surface area (Å²) in [6, 6.07) is 7.24. The second kappa shape index (κ2) is 14.2. The lowest BCUT2D eigenvalue weighted by Gasteiger charge is -2.17. The van der Waals surface area contributed by atoms with Gasteiger partial charge in [0, 0.05) is 5.75 Å². The van der Waals surface area contributed by atoms with Crippen molar-refractivity contribution in [2.75, 3.05) is 11.5 Å². The van der Waals surface area contributed by atoms with E-state index in [0.29, 0.717) is 6.42 Å². The van der Waals surface area contributed by atoms with Crippen LogP contribution in [0.4, 0.5) is 17.6 Å². The molecule has 0 aromatic heterocycles. The fraction of sp³-hybridized carbons (Fsp3) is 0.714. The first-order valence-electron chi connectivity index (χ1n) is 10.6. The number of sulfonamides is 1. The number of halogens is 4. The Morgan fingerprint density at radius 1 is 0.900 bits per heavy atom. The summed E-state index contributed by atoms with van der Waals surface area (Å²) in [6.45, 7) is 2.17. The van der Waals surface area contributed by atoms with E-state index in [9.17, 15) is 26.0 Å². The van der Waals surface area contributed by atoms with E-state index in [1.807, 2.05) is 0 Å². The van der Waals surface area contributed by atoms with Crippen LogP contribution in [0.5, 0.6) is 0 Å². The van der Waals surface area contributed by atoms with Crippen LogP contribution in [-0.4, -0.2) is 32.3 Å². The standard InChI is InChI=1S/C21H33F4NO2S2/c1-2-3-4-5-6-7-8-9-10-14-17-29(18-21(24,25)20(22)23)26-30(27,28)19-15-12-11-13-16-19/h11-13,15-16,20H,2-10,14,17-18H2,1H3. The molecule has 0 heterocycles. The quantitative estimate of drug-likeness (QED) is 0.192. The predicted molar refractivity (Wildman–Crippen MR) is 116 cm³/mol. The third kappa shape index (κ3) is 10.9. The maximum absolute atomic E-state index is 13.6. The molecule has 9 heteroatoms. The van der Waals surface area contributed by atoms with Gasteiger partial charge in [0.25, 0.3) is 10.0 Å². The molecule has 0 N–H and O–H groups in total. The Morgan fingerprint density at radius 3 is 1.90 bits per heavy atom. The van der Waals surface area contributed by atoms with E-state index < -0.39 is 38.8 Å². The molecule has 0 fully saturated rings. The largest absolute Gasteiger partial charge is 0.317 e. The molecule has 0 aliphatic heterocycles. The minimum Gasteiger partial charge on any atom is -0.204 e. The van der Waals surface area contributed by atoms with Crippen LogP contribution in [0.25, 0.3) is 0 Å². The van der Waals surface area contributed by atoms with Crippen molar-refractivity contribution < 1.29 is 26.0 Å². The van der Waals surface area contributed by atoms with Crippen LogP contribution in [0.3, 0.4) is 0 Å². The topological polar surface area (TPSA) is 46.5 Å². The molecule has 0 amide bonds. The van der Waals surface area contributed by atoms with E-state index in [1.54, 1.807) is 6.07 Å². The van der Waals surface area contributed by atoms with Crippen LogP contribution in [0.15, 0.2) is 39.0 Å². The smallest absolute Gasteiger partial charge is 0.204 e. The summed E-state index contributed by atoms with van der Waals surface area (Å²) < 4.78 is 80.8. The van der Waals surface area contributed by atoms with Crippen molar-refractivity contribution in [2.24, 2.45) is 3.77 Å². The van der Waals surface area contributed by atoms with Crippen molar-refractivity contribution in [3.63, 3.8) is 0 Å². The number of benzene rings is 1. The monoisotopic (exact) mass is 471 g/mol. The van der Waals surface area contributed by atoms with Gasteiger partial charge in [0.15, 0.2) is 0 Å². The normalized spacial score (nSPS) is 13.8. The molecule has 1 aromatic carbocycles. The Balaban J connectivity index is 2.61. The van der Waals surface area contributed by atoms with Crippen molar-refractivity contribution >= 4 is 20.7 Å². The predicted octanol–water partition coefficient (Wildman–Crippen LogP) is 7.00. The van der Waals surface area contributed by atoms with Crippen LogP contribution in [0.1, 0.15) is 71.1 Å². The Hall–Kier alpha value is -0.960. The number of hydrogen-bond acceptors (Lipinski definition) is 2. The zero-order valence-electron chi connectivity index (χ0n) is 17.5. The van der Waals surface area contributed by atoms with Gasteiger partial charge in [-0.3, -0.25) is 0 Å². The Kier molecular flexibility index (Phi) is 12.8. The molecule has 3 nitrogen and oxygen atoms in total. The van der Waals surface area contributed by atoms with Crippen LogP contribution in [0, 0.1) is 0 Å². The molecule has 1 aromatic rings. The highest BCUT2D eigenvalue weighted by Crippen LogP contribution is 2.26. The average molecular weight is 472 g/mol. The summed E-state index contributed by atoms with van der Waals surface area (Å²) in [5, 5.41) is 0.